The predicted octanol–water partition coefficient (Wildman–Crippen LogP) is 5.75. The van der Waals surface area contributed by atoms with Crippen LogP contribution in [0, 0.1) is 13.8 Å². The molecule has 0 radical (unpaired) electrons. The molecule has 2 heterocycles. The van der Waals surface area contributed by atoms with Gasteiger partial charge in [-0.05, 0) is 57.4 Å². The number of anilines is 4. The van der Waals surface area contributed by atoms with E-state index in [4.69, 9.17) is 14.8 Å². The van der Waals surface area contributed by atoms with Crippen LogP contribution in [0.3, 0.4) is 0 Å². The summed E-state index contributed by atoms with van der Waals surface area (Å²) >= 11 is 0. The number of para-hydroxylation sites is 2. The molecule has 0 bridgehead atoms. The second-order valence-corrected chi connectivity index (χ2v) is 8.60. The van der Waals surface area contributed by atoms with Gasteiger partial charge in [0.05, 0.1) is 11.0 Å². The minimum Gasteiger partial charge on any atom is -0.379 e. The van der Waals surface area contributed by atoms with Gasteiger partial charge in [0.25, 0.3) is 0 Å². The summed E-state index contributed by atoms with van der Waals surface area (Å²) < 4.78 is 7.54. The minimum atomic E-state index is -0.253. The molecule has 0 aliphatic rings. The lowest BCUT2D eigenvalue weighted by Gasteiger charge is -2.22. The van der Waals surface area contributed by atoms with Crippen molar-refractivity contribution in [1.29, 1.82) is 0 Å². The van der Waals surface area contributed by atoms with Crippen LogP contribution in [0.5, 0.6) is 0 Å². The number of ether oxygens (including phenoxy) is 1. The van der Waals surface area contributed by atoms with Gasteiger partial charge in [-0.2, -0.15) is 10.1 Å². The highest BCUT2D eigenvalue weighted by Gasteiger charge is 2.20. The van der Waals surface area contributed by atoms with Crippen molar-refractivity contribution in [2.75, 3.05) is 17.7 Å². The number of hydrogen-bond acceptors (Lipinski definition) is 6. The number of nitrogens with one attached hydrogen (secondary N) is 2. The van der Waals surface area contributed by atoms with Crippen LogP contribution < -0.4 is 10.6 Å². The molecule has 32 heavy (non-hydrogen) atoms. The zero-order chi connectivity index (χ0) is 22.7. The molecule has 0 amide bonds. The highest BCUT2D eigenvalue weighted by Crippen LogP contribution is 2.29. The van der Waals surface area contributed by atoms with Crippen LogP contribution in [-0.4, -0.2) is 32.5 Å². The Bertz CT molecular complexity index is 1200. The first kappa shape index (κ1) is 21.8. The number of aromatic nitrogens is 4. The molecule has 0 aliphatic carbocycles. The highest BCUT2D eigenvalue weighted by atomic mass is 16.5. The second-order valence-electron chi connectivity index (χ2n) is 8.60. The van der Waals surface area contributed by atoms with E-state index in [0.29, 0.717) is 12.5 Å². The second kappa shape index (κ2) is 8.96. The molecule has 7 nitrogen and oxygen atoms in total. The Morgan fingerprint density at radius 1 is 0.969 bits per heavy atom. The molecule has 0 saturated carbocycles. The van der Waals surface area contributed by atoms with Crippen molar-refractivity contribution >= 4 is 34.2 Å². The van der Waals surface area contributed by atoms with Crippen molar-refractivity contribution < 1.29 is 4.74 Å². The fourth-order valence-electron chi connectivity index (χ4n) is 3.52. The van der Waals surface area contributed by atoms with Crippen LogP contribution in [0.15, 0.2) is 54.7 Å². The molecule has 0 unspecified atom stereocenters. The van der Waals surface area contributed by atoms with E-state index in [2.05, 4.69) is 61.5 Å². The summed E-state index contributed by atoms with van der Waals surface area (Å²) in [7, 11) is 1.74. The van der Waals surface area contributed by atoms with Crippen LogP contribution in [0.4, 0.5) is 23.1 Å². The number of fused-ring (bicyclic) bond motifs is 1. The molecule has 2 N–H and O–H groups in total. The van der Waals surface area contributed by atoms with Gasteiger partial charge in [0.2, 0.25) is 5.95 Å². The summed E-state index contributed by atoms with van der Waals surface area (Å²) in [5.74, 6) is 1.29. The summed E-state index contributed by atoms with van der Waals surface area (Å²) in [5, 5.41) is 12.5. The maximum Gasteiger partial charge on any atom is 0.229 e. The summed E-state index contributed by atoms with van der Waals surface area (Å²) in [6, 6.07) is 16.1. The van der Waals surface area contributed by atoms with Gasteiger partial charge in [-0.3, -0.25) is 0 Å². The number of nitrogens with zero attached hydrogens (tertiary/aromatic N) is 4. The Morgan fingerprint density at radius 3 is 2.38 bits per heavy atom. The van der Waals surface area contributed by atoms with Crippen molar-refractivity contribution in [2.24, 2.45) is 0 Å². The zero-order valence-corrected chi connectivity index (χ0v) is 19.3. The van der Waals surface area contributed by atoms with Crippen LogP contribution in [-0.2, 0) is 11.3 Å². The van der Waals surface area contributed by atoms with Gasteiger partial charge in [-0.15, -0.1) is 0 Å². The van der Waals surface area contributed by atoms with E-state index in [0.717, 1.165) is 45.8 Å². The lowest BCUT2D eigenvalue weighted by Crippen LogP contribution is -2.24. The molecule has 0 aliphatic heterocycles. The third-order valence-corrected chi connectivity index (χ3v) is 5.72. The van der Waals surface area contributed by atoms with E-state index in [1.165, 1.54) is 0 Å². The van der Waals surface area contributed by atoms with E-state index in [1.54, 1.807) is 7.11 Å². The van der Waals surface area contributed by atoms with Crippen LogP contribution >= 0.6 is 0 Å². The van der Waals surface area contributed by atoms with E-state index in [-0.39, 0.29) is 5.60 Å². The smallest absolute Gasteiger partial charge is 0.229 e. The van der Waals surface area contributed by atoms with Crippen molar-refractivity contribution in [3.05, 3.63) is 65.9 Å². The number of hydrogen-bond donors (Lipinski definition) is 2. The standard InChI is InChI=1S/C25H30N6O/c1-17-10-9-11-18(2)21(17)28-22-20-16-26-24(27-19-12-7-6-8-13-19)29-23(20)31(30-22)15-14-25(3,4)32-5/h6-13,16H,14-15H2,1-5H3,(H,28,30)(H,26,27,29). The normalized spacial score (nSPS) is 11.7. The van der Waals surface area contributed by atoms with Gasteiger partial charge in [0, 0.05) is 31.2 Å². The van der Waals surface area contributed by atoms with E-state index < -0.39 is 0 Å². The largest absolute Gasteiger partial charge is 0.379 e. The Balaban J connectivity index is 1.73. The Hall–Kier alpha value is -3.45. The molecule has 166 valence electrons. The Kier molecular flexibility index (Phi) is 6.10. The Labute approximate surface area is 188 Å². The monoisotopic (exact) mass is 430 g/mol. The van der Waals surface area contributed by atoms with Crippen LogP contribution in [0.2, 0.25) is 0 Å². The molecule has 2 aromatic heterocycles. The molecule has 4 rings (SSSR count). The average Bonchev–Trinajstić information content (AvgIpc) is 3.12. The van der Waals surface area contributed by atoms with Gasteiger partial charge in [0.15, 0.2) is 11.5 Å². The summed E-state index contributed by atoms with van der Waals surface area (Å²) in [6.07, 6.45) is 2.63. The van der Waals surface area contributed by atoms with Crippen LogP contribution in [0.25, 0.3) is 11.0 Å². The van der Waals surface area contributed by atoms with Gasteiger partial charge < -0.3 is 15.4 Å². The minimum absolute atomic E-state index is 0.253. The first-order valence-corrected chi connectivity index (χ1v) is 10.8. The summed E-state index contributed by atoms with van der Waals surface area (Å²) in [5.41, 5.74) is 4.85. The average molecular weight is 431 g/mol. The molecule has 0 saturated heterocycles. The third kappa shape index (κ3) is 4.73. The summed E-state index contributed by atoms with van der Waals surface area (Å²) in [4.78, 5) is 9.35. The molecular weight excluding hydrogens is 400 g/mol. The van der Waals surface area contributed by atoms with Crippen molar-refractivity contribution in [1.82, 2.24) is 19.7 Å². The first-order valence-electron chi connectivity index (χ1n) is 10.8. The number of benzene rings is 2. The first-order chi connectivity index (χ1) is 15.4. The number of methoxy groups -OCH3 is 1. The van der Waals surface area contributed by atoms with Crippen molar-refractivity contribution in [3.8, 4) is 0 Å². The molecule has 2 aromatic carbocycles. The third-order valence-electron chi connectivity index (χ3n) is 5.72. The van der Waals surface area contributed by atoms with Gasteiger partial charge in [-0.1, -0.05) is 36.4 Å². The topological polar surface area (TPSA) is 76.9 Å². The lowest BCUT2D eigenvalue weighted by molar-refractivity contribution is 0.0116. The van der Waals surface area contributed by atoms with Crippen LogP contribution in [0.1, 0.15) is 31.4 Å². The SMILES string of the molecule is COC(C)(C)CCn1nc(Nc2c(C)cccc2C)c2cnc(Nc3ccccc3)nc21. The van der Waals surface area contributed by atoms with Crippen molar-refractivity contribution in [3.63, 3.8) is 0 Å². The maximum atomic E-state index is 5.61. The number of aryl methyl sites for hydroxylation is 3. The molecule has 7 heteroatoms. The van der Waals surface area contributed by atoms with Gasteiger partial charge >= 0.3 is 0 Å². The fraction of sp³-hybridized carbons (Fsp3) is 0.320. The summed E-state index contributed by atoms with van der Waals surface area (Å²) in [6.45, 7) is 9.01. The molecule has 4 aromatic rings. The lowest BCUT2D eigenvalue weighted by atomic mass is 10.1. The predicted molar refractivity (Wildman–Crippen MR) is 130 cm³/mol. The van der Waals surface area contributed by atoms with Crippen molar-refractivity contribution in [2.45, 2.75) is 46.3 Å². The zero-order valence-electron chi connectivity index (χ0n) is 19.3. The van der Waals surface area contributed by atoms with Gasteiger partial charge in [-0.25, -0.2) is 9.67 Å². The fourth-order valence-corrected chi connectivity index (χ4v) is 3.52. The van der Waals surface area contributed by atoms with E-state index >= 15 is 0 Å². The van der Waals surface area contributed by atoms with E-state index in [9.17, 15) is 0 Å². The molecule has 0 atom stereocenters. The molecule has 0 fully saturated rings. The Morgan fingerprint density at radius 2 is 1.69 bits per heavy atom. The number of rotatable bonds is 8. The molecule has 0 spiro atoms. The highest BCUT2D eigenvalue weighted by molar-refractivity contribution is 5.90. The van der Waals surface area contributed by atoms with Gasteiger partial charge in [0.1, 0.15) is 0 Å². The van der Waals surface area contributed by atoms with E-state index in [1.807, 2.05) is 41.2 Å². The molecular formula is C25H30N6O. The maximum absolute atomic E-state index is 5.61. The quantitative estimate of drug-likeness (QED) is 0.371.